The summed E-state index contributed by atoms with van der Waals surface area (Å²) in [5.41, 5.74) is 3.10. The van der Waals surface area contributed by atoms with E-state index in [1.54, 1.807) is 48.5 Å². The Balaban J connectivity index is 1.63. The number of rotatable bonds is 7. The zero-order chi connectivity index (χ0) is 24.9. The highest BCUT2D eigenvalue weighted by Crippen LogP contribution is 2.25. The summed E-state index contributed by atoms with van der Waals surface area (Å²) < 4.78 is 55.2. The third-order valence-electron chi connectivity index (χ3n) is 5.52. The maximum Gasteiger partial charge on any atom is 0.259 e. The van der Waals surface area contributed by atoms with Crippen LogP contribution in [0.2, 0.25) is 0 Å². The van der Waals surface area contributed by atoms with E-state index in [1.165, 1.54) is 30.5 Å². The van der Waals surface area contributed by atoms with Gasteiger partial charge in [-0.3, -0.25) is 4.79 Å². The molecule has 0 spiro atoms. The Kier molecular flexibility index (Phi) is 7.41. The molecule has 3 aromatic rings. The van der Waals surface area contributed by atoms with Gasteiger partial charge in [-0.15, -0.1) is 0 Å². The maximum absolute atomic E-state index is 13.4. The molecule has 182 valence electrons. The molecule has 0 unspecified atom stereocenters. The molecular weight excluding hydrogens is 488 g/mol. The summed E-state index contributed by atoms with van der Waals surface area (Å²) in [6, 6.07) is 23.3. The molecule has 9 nitrogen and oxygen atoms in total. The Bertz CT molecular complexity index is 1400. The first-order chi connectivity index (χ1) is 16.8. The largest absolute Gasteiger partial charge is 0.271 e. The number of nitrogens with zero attached hydrogens (tertiary/aromatic N) is 3. The van der Waals surface area contributed by atoms with Crippen LogP contribution in [0.3, 0.4) is 0 Å². The first-order valence-corrected chi connectivity index (χ1v) is 13.7. The molecule has 0 radical (unpaired) electrons. The Hall–Kier alpha value is -3.38. The molecule has 0 aliphatic carbocycles. The second kappa shape index (κ2) is 10.5. The minimum absolute atomic E-state index is 0.0185. The quantitative estimate of drug-likeness (QED) is 0.383. The SMILES string of the molecule is O=C(N/N=C\c1ccccc1)[C@@H]1CN(S(=O)(=O)c2ccccc2)CCN1S(=O)(=O)c1ccccc1. The Morgan fingerprint density at radius 3 is 1.86 bits per heavy atom. The first kappa shape index (κ1) is 24.7. The number of sulfonamides is 2. The van der Waals surface area contributed by atoms with Crippen molar-refractivity contribution >= 4 is 32.2 Å². The second-order valence-electron chi connectivity index (χ2n) is 7.77. The van der Waals surface area contributed by atoms with Gasteiger partial charge in [-0.25, -0.2) is 22.3 Å². The number of nitrogens with one attached hydrogen (secondary N) is 1. The summed E-state index contributed by atoms with van der Waals surface area (Å²) in [5, 5.41) is 3.94. The van der Waals surface area contributed by atoms with Crippen LogP contribution in [-0.2, 0) is 24.8 Å². The number of carbonyl (C=O) groups excluding carboxylic acids is 1. The van der Waals surface area contributed by atoms with E-state index in [0.717, 1.165) is 14.2 Å². The van der Waals surface area contributed by atoms with E-state index in [2.05, 4.69) is 10.5 Å². The molecule has 1 saturated heterocycles. The van der Waals surface area contributed by atoms with Crippen LogP contribution in [-0.4, -0.2) is 63.2 Å². The van der Waals surface area contributed by atoms with Gasteiger partial charge in [0.1, 0.15) is 6.04 Å². The summed E-state index contributed by atoms with van der Waals surface area (Å²) in [7, 11) is -8.00. The number of piperazine rings is 1. The third-order valence-corrected chi connectivity index (χ3v) is 9.32. The van der Waals surface area contributed by atoms with Crippen LogP contribution in [0.15, 0.2) is 106 Å². The summed E-state index contributed by atoms with van der Waals surface area (Å²) in [6.45, 7) is -0.639. The van der Waals surface area contributed by atoms with Crippen LogP contribution in [0.5, 0.6) is 0 Å². The lowest BCUT2D eigenvalue weighted by Crippen LogP contribution is -2.60. The maximum atomic E-state index is 13.4. The van der Waals surface area contributed by atoms with Crippen LogP contribution in [0, 0.1) is 0 Å². The first-order valence-electron chi connectivity index (χ1n) is 10.8. The highest BCUT2D eigenvalue weighted by Gasteiger charge is 2.43. The fourth-order valence-electron chi connectivity index (χ4n) is 3.71. The topological polar surface area (TPSA) is 116 Å². The molecular formula is C24H24N4O5S2. The predicted molar refractivity (Wildman–Crippen MR) is 132 cm³/mol. The minimum atomic E-state index is -4.07. The summed E-state index contributed by atoms with van der Waals surface area (Å²) in [5.74, 6) is -0.732. The molecule has 1 amide bonds. The standard InChI is InChI=1S/C24H24N4O5S2/c29-24(26-25-18-20-10-4-1-5-11-20)23-19-27(34(30,31)21-12-6-2-7-13-21)16-17-28(23)35(32,33)22-14-8-3-9-15-22/h1-15,18,23H,16-17,19H2,(H,26,29)/b25-18-/t23-/m0/s1. The second-order valence-corrected chi connectivity index (χ2v) is 11.6. The molecule has 1 heterocycles. The van der Waals surface area contributed by atoms with E-state index in [9.17, 15) is 21.6 Å². The van der Waals surface area contributed by atoms with Gasteiger partial charge in [0.05, 0.1) is 16.0 Å². The van der Waals surface area contributed by atoms with Crippen molar-refractivity contribution in [3.8, 4) is 0 Å². The van der Waals surface area contributed by atoms with Gasteiger partial charge >= 0.3 is 0 Å². The van der Waals surface area contributed by atoms with Crippen molar-refractivity contribution in [1.82, 2.24) is 14.0 Å². The van der Waals surface area contributed by atoms with Crippen LogP contribution in [0.4, 0.5) is 0 Å². The van der Waals surface area contributed by atoms with Gasteiger partial charge < -0.3 is 0 Å². The van der Waals surface area contributed by atoms with Crippen molar-refractivity contribution in [2.75, 3.05) is 19.6 Å². The summed E-state index contributed by atoms with van der Waals surface area (Å²) >= 11 is 0. The molecule has 1 aliphatic rings. The number of benzene rings is 3. The Labute approximate surface area is 204 Å². The van der Waals surface area contributed by atoms with Crippen molar-refractivity contribution in [1.29, 1.82) is 0 Å². The molecule has 0 aromatic heterocycles. The van der Waals surface area contributed by atoms with Gasteiger partial charge in [-0.05, 0) is 29.8 Å². The number of hydrogen-bond acceptors (Lipinski definition) is 6. The van der Waals surface area contributed by atoms with Crippen molar-refractivity contribution in [3.63, 3.8) is 0 Å². The highest BCUT2D eigenvalue weighted by atomic mass is 32.2. The average molecular weight is 513 g/mol. The monoisotopic (exact) mass is 512 g/mol. The fourth-order valence-corrected chi connectivity index (χ4v) is 6.76. The van der Waals surface area contributed by atoms with E-state index >= 15 is 0 Å². The number of hydrogen-bond donors (Lipinski definition) is 1. The molecule has 4 rings (SSSR count). The van der Waals surface area contributed by atoms with Gasteiger partial charge in [-0.2, -0.15) is 13.7 Å². The molecule has 1 aliphatic heterocycles. The lowest BCUT2D eigenvalue weighted by molar-refractivity contribution is -0.125. The zero-order valence-electron chi connectivity index (χ0n) is 18.6. The molecule has 1 N–H and O–H groups in total. The highest BCUT2D eigenvalue weighted by molar-refractivity contribution is 7.89. The van der Waals surface area contributed by atoms with Gasteiger partial charge in [-0.1, -0.05) is 66.7 Å². The normalized spacial score (nSPS) is 17.9. The lowest BCUT2D eigenvalue weighted by Gasteiger charge is -2.38. The van der Waals surface area contributed by atoms with Crippen LogP contribution >= 0.6 is 0 Å². The van der Waals surface area contributed by atoms with E-state index in [4.69, 9.17) is 0 Å². The van der Waals surface area contributed by atoms with Crippen LogP contribution in [0.25, 0.3) is 0 Å². The fraction of sp³-hybridized carbons (Fsp3) is 0.167. The molecule has 3 aromatic carbocycles. The van der Waals surface area contributed by atoms with Crippen molar-refractivity contribution in [2.24, 2.45) is 5.10 Å². The lowest BCUT2D eigenvalue weighted by atomic mass is 10.2. The molecule has 1 fully saturated rings. The van der Waals surface area contributed by atoms with E-state index in [0.29, 0.717) is 0 Å². The average Bonchev–Trinajstić information content (AvgIpc) is 2.90. The summed E-state index contributed by atoms with van der Waals surface area (Å²) in [6.07, 6.45) is 1.43. The van der Waals surface area contributed by atoms with E-state index < -0.39 is 32.0 Å². The molecule has 0 saturated carbocycles. The number of amides is 1. The molecule has 11 heteroatoms. The Morgan fingerprint density at radius 1 is 0.771 bits per heavy atom. The minimum Gasteiger partial charge on any atom is -0.271 e. The van der Waals surface area contributed by atoms with Gasteiger partial charge in [0.25, 0.3) is 5.91 Å². The van der Waals surface area contributed by atoms with Gasteiger partial charge in [0.2, 0.25) is 20.0 Å². The molecule has 35 heavy (non-hydrogen) atoms. The van der Waals surface area contributed by atoms with Gasteiger partial charge in [0.15, 0.2) is 0 Å². The van der Waals surface area contributed by atoms with Crippen molar-refractivity contribution < 1.29 is 21.6 Å². The smallest absolute Gasteiger partial charge is 0.259 e. The number of carbonyl (C=O) groups is 1. The van der Waals surface area contributed by atoms with Crippen LogP contribution < -0.4 is 5.43 Å². The van der Waals surface area contributed by atoms with E-state index in [-0.39, 0.29) is 29.4 Å². The van der Waals surface area contributed by atoms with Crippen LogP contribution in [0.1, 0.15) is 5.56 Å². The molecule has 1 atom stereocenters. The third kappa shape index (κ3) is 5.49. The predicted octanol–water partition coefficient (Wildman–Crippen LogP) is 1.90. The zero-order valence-corrected chi connectivity index (χ0v) is 20.3. The van der Waals surface area contributed by atoms with Crippen molar-refractivity contribution in [3.05, 3.63) is 96.6 Å². The van der Waals surface area contributed by atoms with Gasteiger partial charge in [0, 0.05) is 19.6 Å². The molecule has 0 bridgehead atoms. The Morgan fingerprint density at radius 2 is 1.29 bits per heavy atom. The van der Waals surface area contributed by atoms with Crippen molar-refractivity contribution in [2.45, 2.75) is 15.8 Å². The van der Waals surface area contributed by atoms with E-state index in [1.807, 2.05) is 18.2 Å². The summed E-state index contributed by atoms with van der Waals surface area (Å²) in [4.78, 5) is 13.2. The number of hydrazone groups is 1.